The Kier molecular flexibility index (Phi) is 4.36. The van der Waals surface area contributed by atoms with Crippen molar-refractivity contribution >= 4 is 37.6 Å². The smallest absolute Gasteiger partial charge is 0.208 e. The largest absolute Gasteiger partial charge is 0.240 e. The van der Waals surface area contributed by atoms with Crippen molar-refractivity contribution in [2.24, 2.45) is 5.92 Å². The van der Waals surface area contributed by atoms with E-state index in [0.717, 1.165) is 19.3 Å². The first-order valence-electron chi connectivity index (χ1n) is 5.91. The van der Waals surface area contributed by atoms with Crippen molar-refractivity contribution in [3.8, 4) is 0 Å². The zero-order valence-corrected chi connectivity index (χ0v) is 13.1. The summed E-state index contributed by atoms with van der Waals surface area (Å²) in [5, 5.41) is 0.504. The molecule has 18 heavy (non-hydrogen) atoms. The molecule has 2 unspecified atom stereocenters. The first-order valence-corrected chi connectivity index (χ1v) is 8.57. The van der Waals surface area contributed by atoms with E-state index in [4.69, 9.17) is 11.6 Å². The van der Waals surface area contributed by atoms with Crippen molar-refractivity contribution in [1.82, 2.24) is 4.72 Å². The van der Waals surface area contributed by atoms with E-state index < -0.39 is 10.0 Å². The topological polar surface area (TPSA) is 46.2 Å². The zero-order valence-electron chi connectivity index (χ0n) is 9.99. The third-order valence-electron chi connectivity index (χ3n) is 3.09. The van der Waals surface area contributed by atoms with Gasteiger partial charge in [-0.3, -0.25) is 0 Å². The van der Waals surface area contributed by atoms with Gasteiger partial charge in [-0.25, -0.2) is 13.1 Å². The molecule has 0 heterocycles. The van der Waals surface area contributed by atoms with Gasteiger partial charge < -0.3 is 0 Å². The number of benzene rings is 1. The summed E-state index contributed by atoms with van der Waals surface area (Å²) in [5.41, 5.74) is 0. The van der Waals surface area contributed by atoms with Gasteiger partial charge in [0.1, 0.15) is 0 Å². The average Bonchev–Trinajstić information content (AvgIpc) is 3.00. The molecule has 1 aliphatic rings. The summed E-state index contributed by atoms with van der Waals surface area (Å²) in [6, 6.07) is 4.73. The van der Waals surface area contributed by atoms with E-state index in [1.54, 1.807) is 6.07 Å². The standard InChI is InChI=1S/C12H15BrClNO2S/c1-2-3-8-6-12(8)15-18(16,17)9-4-5-11(14)10(13)7-9/h4-5,7-8,12,15H,2-3,6H2,1H3. The summed E-state index contributed by atoms with van der Waals surface area (Å²) >= 11 is 9.08. The van der Waals surface area contributed by atoms with Gasteiger partial charge in [0.15, 0.2) is 0 Å². The van der Waals surface area contributed by atoms with Crippen molar-refractivity contribution in [3.63, 3.8) is 0 Å². The molecule has 2 atom stereocenters. The lowest BCUT2D eigenvalue weighted by atomic mass is 10.2. The molecule has 100 valence electrons. The van der Waals surface area contributed by atoms with Gasteiger partial charge in [-0.15, -0.1) is 0 Å². The van der Waals surface area contributed by atoms with E-state index in [2.05, 4.69) is 27.6 Å². The van der Waals surface area contributed by atoms with Gasteiger partial charge in [0.25, 0.3) is 0 Å². The second-order valence-electron chi connectivity index (χ2n) is 4.59. The van der Waals surface area contributed by atoms with E-state index in [9.17, 15) is 8.42 Å². The molecule has 0 aliphatic heterocycles. The number of rotatable bonds is 5. The summed E-state index contributed by atoms with van der Waals surface area (Å²) in [4.78, 5) is 0.251. The minimum atomic E-state index is -3.43. The van der Waals surface area contributed by atoms with Gasteiger partial charge in [0, 0.05) is 10.5 Å². The lowest BCUT2D eigenvalue weighted by molar-refractivity contribution is 0.573. The van der Waals surface area contributed by atoms with Crippen LogP contribution >= 0.6 is 27.5 Å². The van der Waals surface area contributed by atoms with Gasteiger partial charge in [0.2, 0.25) is 10.0 Å². The first kappa shape index (κ1) is 14.3. The number of nitrogens with one attached hydrogen (secondary N) is 1. The lowest BCUT2D eigenvalue weighted by Crippen LogP contribution is -2.27. The van der Waals surface area contributed by atoms with E-state index in [1.807, 2.05) is 0 Å². The molecule has 0 bridgehead atoms. The lowest BCUT2D eigenvalue weighted by Gasteiger charge is -2.07. The van der Waals surface area contributed by atoms with Gasteiger partial charge in [0.05, 0.1) is 9.92 Å². The highest BCUT2D eigenvalue weighted by atomic mass is 79.9. The quantitative estimate of drug-likeness (QED) is 0.880. The molecule has 0 spiro atoms. The molecule has 1 aromatic rings. The first-order chi connectivity index (χ1) is 8.44. The second-order valence-corrected chi connectivity index (χ2v) is 7.56. The fourth-order valence-corrected chi connectivity index (χ4v) is 3.98. The average molecular weight is 353 g/mol. The Bertz CT molecular complexity index is 547. The highest BCUT2D eigenvalue weighted by molar-refractivity contribution is 9.10. The van der Waals surface area contributed by atoms with E-state index in [1.165, 1.54) is 12.1 Å². The number of hydrogen-bond donors (Lipinski definition) is 1. The van der Waals surface area contributed by atoms with Crippen LogP contribution in [0.3, 0.4) is 0 Å². The summed E-state index contributed by atoms with van der Waals surface area (Å²) in [6.07, 6.45) is 3.12. The second kappa shape index (κ2) is 5.49. The van der Waals surface area contributed by atoms with E-state index in [0.29, 0.717) is 15.4 Å². The molecule has 6 heteroatoms. The van der Waals surface area contributed by atoms with Gasteiger partial charge in [-0.1, -0.05) is 24.9 Å². The minimum absolute atomic E-state index is 0.101. The molecule has 0 aromatic heterocycles. The Morgan fingerprint density at radius 2 is 2.22 bits per heavy atom. The normalized spacial score (nSPS) is 23.1. The Balaban J connectivity index is 2.09. The third kappa shape index (κ3) is 3.26. The number of hydrogen-bond acceptors (Lipinski definition) is 2. The summed E-state index contributed by atoms with van der Waals surface area (Å²) in [5.74, 6) is 0.500. The molecule has 0 radical (unpaired) electrons. The predicted molar refractivity (Wildman–Crippen MR) is 76.3 cm³/mol. The zero-order chi connectivity index (χ0) is 13.3. The van der Waals surface area contributed by atoms with E-state index in [-0.39, 0.29) is 10.9 Å². The van der Waals surface area contributed by atoms with Gasteiger partial charge in [-0.05, 0) is 52.9 Å². The molecule has 0 saturated heterocycles. The van der Waals surface area contributed by atoms with Crippen LogP contribution in [-0.2, 0) is 10.0 Å². The van der Waals surface area contributed by atoms with Crippen molar-refractivity contribution in [3.05, 3.63) is 27.7 Å². The minimum Gasteiger partial charge on any atom is -0.208 e. The Morgan fingerprint density at radius 1 is 1.50 bits per heavy atom. The monoisotopic (exact) mass is 351 g/mol. The summed E-state index contributed by atoms with van der Waals surface area (Å²) in [6.45, 7) is 2.11. The molecule has 1 N–H and O–H groups in total. The van der Waals surface area contributed by atoms with E-state index >= 15 is 0 Å². The summed E-state index contributed by atoms with van der Waals surface area (Å²) < 4.78 is 27.6. The predicted octanol–water partition coefficient (Wildman–Crippen LogP) is 3.57. The fraction of sp³-hybridized carbons (Fsp3) is 0.500. The van der Waals surface area contributed by atoms with Gasteiger partial charge >= 0.3 is 0 Å². The molecule has 1 aliphatic carbocycles. The van der Waals surface area contributed by atoms with Crippen LogP contribution in [0.2, 0.25) is 5.02 Å². The maximum absolute atomic E-state index is 12.1. The molecular formula is C12H15BrClNO2S. The van der Waals surface area contributed by atoms with Crippen LogP contribution in [0.15, 0.2) is 27.6 Å². The molecule has 2 rings (SSSR count). The third-order valence-corrected chi connectivity index (χ3v) is 5.79. The van der Waals surface area contributed by atoms with Crippen LogP contribution in [0.5, 0.6) is 0 Å². The van der Waals surface area contributed by atoms with Crippen LogP contribution in [0.1, 0.15) is 26.2 Å². The molecule has 3 nitrogen and oxygen atoms in total. The van der Waals surface area contributed by atoms with Crippen LogP contribution in [0.4, 0.5) is 0 Å². The van der Waals surface area contributed by atoms with Crippen LogP contribution in [-0.4, -0.2) is 14.5 Å². The highest BCUT2D eigenvalue weighted by Gasteiger charge is 2.39. The van der Waals surface area contributed by atoms with Crippen molar-refractivity contribution in [1.29, 1.82) is 0 Å². The summed E-state index contributed by atoms with van der Waals surface area (Å²) in [7, 11) is -3.43. The number of halogens is 2. The molecule has 0 amide bonds. The SMILES string of the molecule is CCCC1CC1NS(=O)(=O)c1ccc(Cl)c(Br)c1. The van der Waals surface area contributed by atoms with Crippen molar-refractivity contribution in [2.45, 2.75) is 37.1 Å². The van der Waals surface area contributed by atoms with Crippen LogP contribution in [0, 0.1) is 5.92 Å². The number of sulfonamides is 1. The van der Waals surface area contributed by atoms with Crippen LogP contribution < -0.4 is 4.72 Å². The Hall–Kier alpha value is -0.100. The molecular weight excluding hydrogens is 338 g/mol. The Labute approximate surface area is 121 Å². The van der Waals surface area contributed by atoms with Gasteiger partial charge in [-0.2, -0.15) is 0 Å². The highest BCUT2D eigenvalue weighted by Crippen LogP contribution is 2.36. The van der Waals surface area contributed by atoms with Crippen molar-refractivity contribution in [2.75, 3.05) is 0 Å². The maximum atomic E-state index is 12.1. The molecule has 1 saturated carbocycles. The Morgan fingerprint density at radius 3 is 2.83 bits per heavy atom. The van der Waals surface area contributed by atoms with Crippen LogP contribution in [0.25, 0.3) is 0 Å². The molecule has 1 fully saturated rings. The molecule has 1 aromatic carbocycles. The fourth-order valence-electron chi connectivity index (χ4n) is 1.99. The van der Waals surface area contributed by atoms with Crippen molar-refractivity contribution < 1.29 is 8.42 Å². The maximum Gasteiger partial charge on any atom is 0.240 e.